The van der Waals surface area contributed by atoms with Crippen LogP contribution in [-0.4, -0.2) is 4.98 Å². The Morgan fingerprint density at radius 2 is 1.72 bits per heavy atom. The molecular weight excluding hydrogens is 241 g/mol. The second kappa shape index (κ2) is 5.08. The number of benzene rings is 1. The first-order valence-electron chi connectivity index (χ1n) is 5.37. The van der Waals surface area contributed by atoms with Gasteiger partial charge in [-0.05, 0) is 17.7 Å². The average molecular weight is 252 g/mol. The molecule has 0 fully saturated rings. The first-order chi connectivity index (χ1) is 8.55. The van der Waals surface area contributed by atoms with Crippen molar-refractivity contribution in [1.82, 2.24) is 4.98 Å². The lowest BCUT2D eigenvalue weighted by Gasteiger charge is -2.08. The van der Waals surface area contributed by atoms with Crippen molar-refractivity contribution in [3.8, 4) is 0 Å². The van der Waals surface area contributed by atoms with Gasteiger partial charge in [0.2, 0.25) is 0 Å². The number of nitrogens with zero attached hydrogens (tertiary/aromatic N) is 1. The minimum Gasteiger partial charge on any atom is -0.366 e. The van der Waals surface area contributed by atoms with Gasteiger partial charge in [0.1, 0.15) is 5.82 Å². The number of alkyl halides is 3. The molecule has 0 aliphatic carbocycles. The molecule has 0 radical (unpaired) electrons. The van der Waals surface area contributed by atoms with Crippen LogP contribution in [0.1, 0.15) is 11.1 Å². The number of rotatable bonds is 3. The number of hydrogen-bond acceptors (Lipinski definition) is 2. The van der Waals surface area contributed by atoms with E-state index in [9.17, 15) is 13.2 Å². The van der Waals surface area contributed by atoms with Gasteiger partial charge < -0.3 is 5.32 Å². The van der Waals surface area contributed by atoms with Gasteiger partial charge in [0.25, 0.3) is 0 Å². The topological polar surface area (TPSA) is 24.9 Å². The number of nitrogens with one attached hydrogen (secondary N) is 1. The third-order valence-electron chi connectivity index (χ3n) is 2.41. The van der Waals surface area contributed by atoms with Gasteiger partial charge in [-0.3, -0.25) is 0 Å². The lowest BCUT2D eigenvalue weighted by Crippen LogP contribution is -2.07. The van der Waals surface area contributed by atoms with E-state index < -0.39 is 11.7 Å². The molecule has 0 amide bonds. The molecule has 94 valence electrons. The molecule has 0 atom stereocenters. The summed E-state index contributed by atoms with van der Waals surface area (Å²) < 4.78 is 36.9. The summed E-state index contributed by atoms with van der Waals surface area (Å²) in [6.45, 7) is 0.527. The number of hydrogen-bond donors (Lipinski definition) is 1. The molecule has 2 rings (SSSR count). The minimum absolute atomic E-state index is 0.423. The number of halogens is 3. The molecule has 1 aromatic carbocycles. The van der Waals surface area contributed by atoms with Crippen LogP contribution in [0.4, 0.5) is 19.0 Å². The van der Waals surface area contributed by atoms with Gasteiger partial charge in [-0.2, -0.15) is 13.2 Å². The Morgan fingerprint density at radius 1 is 1.00 bits per heavy atom. The van der Waals surface area contributed by atoms with E-state index >= 15 is 0 Å². The maximum atomic E-state index is 12.3. The summed E-state index contributed by atoms with van der Waals surface area (Å²) in [5.41, 5.74) is 0.298. The molecule has 18 heavy (non-hydrogen) atoms. The molecule has 1 heterocycles. The van der Waals surface area contributed by atoms with Gasteiger partial charge >= 0.3 is 6.18 Å². The summed E-state index contributed by atoms with van der Waals surface area (Å²) in [7, 11) is 0. The lowest BCUT2D eigenvalue weighted by atomic mass is 10.2. The van der Waals surface area contributed by atoms with Gasteiger partial charge in [-0.25, -0.2) is 4.98 Å². The monoisotopic (exact) mass is 252 g/mol. The van der Waals surface area contributed by atoms with E-state index in [1.54, 1.807) is 0 Å². The quantitative estimate of drug-likeness (QED) is 0.900. The van der Waals surface area contributed by atoms with Gasteiger partial charge in [-0.15, -0.1) is 0 Å². The van der Waals surface area contributed by atoms with Crippen LogP contribution in [0, 0.1) is 0 Å². The summed E-state index contributed by atoms with van der Waals surface area (Å²) in [6, 6.07) is 11.9. The zero-order valence-corrected chi connectivity index (χ0v) is 9.41. The smallest absolute Gasteiger partial charge is 0.366 e. The first-order valence-corrected chi connectivity index (χ1v) is 5.37. The third kappa shape index (κ3) is 3.23. The fraction of sp³-hybridized carbons (Fsp3) is 0.154. The van der Waals surface area contributed by atoms with E-state index in [1.807, 2.05) is 30.3 Å². The normalized spacial score (nSPS) is 11.3. The predicted octanol–water partition coefficient (Wildman–Crippen LogP) is 3.71. The SMILES string of the molecule is FC(F)(F)c1ccc(NCc2ccccc2)nc1. The Bertz CT molecular complexity index is 492. The Labute approximate surface area is 102 Å². The highest BCUT2D eigenvalue weighted by atomic mass is 19.4. The van der Waals surface area contributed by atoms with Crippen molar-refractivity contribution in [2.45, 2.75) is 12.7 Å². The van der Waals surface area contributed by atoms with E-state index in [-0.39, 0.29) is 0 Å². The van der Waals surface area contributed by atoms with E-state index in [0.717, 1.165) is 17.8 Å². The van der Waals surface area contributed by atoms with Crippen LogP contribution in [0.25, 0.3) is 0 Å². The molecule has 0 aliphatic heterocycles. The van der Waals surface area contributed by atoms with Crippen molar-refractivity contribution in [2.75, 3.05) is 5.32 Å². The molecule has 2 nitrogen and oxygen atoms in total. The molecule has 0 aliphatic rings. The largest absolute Gasteiger partial charge is 0.417 e. The molecule has 1 N–H and O–H groups in total. The highest BCUT2D eigenvalue weighted by Gasteiger charge is 2.30. The Kier molecular flexibility index (Phi) is 3.50. The zero-order chi connectivity index (χ0) is 13.0. The number of anilines is 1. The van der Waals surface area contributed by atoms with Crippen LogP contribution in [0.15, 0.2) is 48.7 Å². The second-order valence-corrected chi connectivity index (χ2v) is 3.77. The Morgan fingerprint density at radius 3 is 2.28 bits per heavy atom. The van der Waals surface area contributed by atoms with Crippen LogP contribution in [0.5, 0.6) is 0 Å². The predicted molar refractivity (Wildman–Crippen MR) is 63.0 cm³/mol. The Balaban J connectivity index is 1.99. The first kappa shape index (κ1) is 12.4. The summed E-state index contributed by atoms with van der Waals surface area (Å²) in [5.74, 6) is 0.423. The van der Waals surface area contributed by atoms with Crippen LogP contribution in [0.3, 0.4) is 0 Å². The molecule has 0 spiro atoms. The summed E-state index contributed by atoms with van der Waals surface area (Å²) >= 11 is 0. The minimum atomic E-state index is -4.34. The molecule has 5 heteroatoms. The summed E-state index contributed by atoms with van der Waals surface area (Å²) in [5, 5.41) is 2.96. The van der Waals surface area contributed by atoms with Crippen molar-refractivity contribution in [3.63, 3.8) is 0 Å². The van der Waals surface area contributed by atoms with E-state index in [2.05, 4.69) is 10.3 Å². The zero-order valence-electron chi connectivity index (χ0n) is 9.41. The molecule has 1 aromatic heterocycles. The van der Waals surface area contributed by atoms with Gasteiger partial charge in [-0.1, -0.05) is 30.3 Å². The molecular formula is C13H11F3N2. The molecule has 2 aromatic rings. The van der Waals surface area contributed by atoms with Crippen molar-refractivity contribution in [3.05, 3.63) is 59.8 Å². The van der Waals surface area contributed by atoms with Crippen molar-refractivity contribution in [2.24, 2.45) is 0 Å². The maximum Gasteiger partial charge on any atom is 0.417 e. The third-order valence-corrected chi connectivity index (χ3v) is 2.41. The average Bonchev–Trinajstić information content (AvgIpc) is 2.37. The van der Waals surface area contributed by atoms with E-state index in [1.165, 1.54) is 6.07 Å². The summed E-state index contributed by atoms with van der Waals surface area (Å²) in [4.78, 5) is 3.73. The molecule has 0 bridgehead atoms. The fourth-order valence-corrected chi connectivity index (χ4v) is 1.45. The standard InChI is InChI=1S/C13H11F3N2/c14-13(15,16)11-6-7-12(18-9-11)17-8-10-4-2-1-3-5-10/h1-7,9H,8H2,(H,17,18). The van der Waals surface area contributed by atoms with Crippen molar-refractivity contribution in [1.29, 1.82) is 0 Å². The van der Waals surface area contributed by atoms with Crippen molar-refractivity contribution >= 4 is 5.82 Å². The van der Waals surface area contributed by atoms with Gasteiger partial charge in [0.05, 0.1) is 5.56 Å². The van der Waals surface area contributed by atoms with Crippen molar-refractivity contribution < 1.29 is 13.2 Å². The summed E-state index contributed by atoms with van der Waals surface area (Å²) in [6.07, 6.45) is -3.52. The molecule has 0 saturated carbocycles. The highest BCUT2D eigenvalue weighted by molar-refractivity contribution is 5.37. The van der Waals surface area contributed by atoms with Gasteiger partial charge in [0, 0.05) is 12.7 Å². The molecule has 0 saturated heterocycles. The highest BCUT2D eigenvalue weighted by Crippen LogP contribution is 2.28. The van der Waals surface area contributed by atoms with Gasteiger partial charge in [0.15, 0.2) is 0 Å². The second-order valence-electron chi connectivity index (χ2n) is 3.77. The van der Waals surface area contributed by atoms with Crippen LogP contribution < -0.4 is 5.32 Å². The maximum absolute atomic E-state index is 12.3. The lowest BCUT2D eigenvalue weighted by molar-refractivity contribution is -0.137. The Hall–Kier alpha value is -2.04. The fourth-order valence-electron chi connectivity index (χ4n) is 1.45. The van der Waals surface area contributed by atoms with E-state index in [4.69, 9.17) is 0 Å². The van der Waals surface area contributed by atoms with Crippen LogP contribution >= 0.6 is 0 Å². The van der Waals surface area contributed by atoms with Crippen LogP contribution in [-0.2, 0) is 12.7 Å². The molecule has 0 unspecified atom stereocenters. The number of aromatic nitrogens is 1. The van der Waals surface area contributed by atoms with Crippen LogP contribution in [0.2, 0.25) is 0 Å². The number of pyridine rings is 1. The van der Waals surface area contributed by atoms with E-state index in [0.29, 0.717) is 12.4 Å².